The number of carbonyl (C=O) groups is 2. The second-order valence-corrected chi connectivity index (χ2v) is 9.82. The van der Waals surface area contributed by atoms with Crippen LogP contribution in [-0.2, 0) is 4.74 Å². The molecule has 1 saturated carbocycles. The van der Waals surface area contributed by atoms with Crippen LogP contribution >= 0.6 is 11.6 Å². The predicted molar refractivity (Wildman–Crippen MR) is 139 cm³/mol. The Bertz CT molecular complexity index is 969. The van der Waals surface area contributed by atoms with Gasteiger partial charge in [-0.15, -0.1) is 0 Å². The number of benzene rings is 2. The number of hydrogen-bond acceptors (Lipinski definition) is 4. The zero-order chi connectivity index (χ0) is 24.6. The van der Waals surface area contributed by atoms with E-state index in [0.29, 0.717) is 23.0 Å². The maximum absolute atomic E-state index is 12.8. The maximum Gasteiger partial charge on any atom is 0.319 e. The highest BCUT2D eigenvalue weighted by atomic mass is 35.5. The van der Waals surface area contributed by atoms with Crippen molar-refractivity contribution < 1.29 is 14.3 Å². The molecule has 3 amide bonds. The van der Waals surface area contributed by atoms with Gasteiger partial charge in [0.1, 0.15) is 0 Å². The van der Waals surface area contributed by atoms with Crippen LogP contribution in [0.3, 0.4) is 0 Å². The van der Waals surface area contributed by atoms with E-state index in [4.69, 9.17) is 16.3 Å². The van der Waals surface area contributed by atoms with Crippen LogP contribution in [0.5, 0.6) is 0 Å². The summed E-state index contributed by atoms with van der Waals surface area (Å²) in [6.45, 7) is 4.81. The largest absolute Gasteiger partial charge is 0.379 e. The van der Waals surface area contributed by atoms with Gasteiger partial charge < -0.3 is 20.3 Å². The molecule has 1 aliphatic carbocycles. The lowest BCUT2D eigenvalue weighted by Crippen LogP contribution is -2.42. The number of ether oxygens (including phenoxy) is 1. The number of urea groups is 1. The van der Waals surface area contributed by atoms with Gasteiger partial charge in [0.05, 0.1) is 13.2 Å². The molecule has 7 nitrogen and oxygen atoms in total. The van der Waals surface area contributed by atoms with Gasteiger partial charge in [0, 0.05) is 55.5 Å². The Hall–Kier alpha value is -2.61. The van der Waals surface area contributed by atoms with Crippen LogP contribution in [0.1, 0.15) is 47.5 Å². The van der Waals surface area contributed by atoms with Crippen molar-refractivity contribution in [1.29, 1.82) is 0 Å². The molecule has 0 atom stereocenters. The Labute approximate surface area is 212 Å². The van der Waals surface area contributed by atoms with Gasteiger partial charge in [-0.25, -0.2) is 4.79 Å². The Kier molecular flexibility index (Phi) is 9.01. The second kappa shape index (κ2) is 12.4. The van der Waals surface area contributed by atoms with E-state index in [2.05, 4.69) is 27.7 Å². The summed E-state index contributed by atoms with van der Waals surface area (Å²) < 4.78 is 5.34. The monoisotopic (exact) mass is 498 g/mol. The third kappa shape index (κ3) is 7.19. The van der Waals surface area contributed by atoms with Crippen molar-refractivity contribution in [1.82, 2.24) is 15.1 Å². The molecule has 0 aromatic heterocycles. The molecule has 1 heterocycles. The third-order valence-corrected chi connectivity index (χ3v) is 7.37. The van der Waals surface area contributed by atoms with E-state index in [9.17, 15) is 9.59 Å². The Morgan fingerprint density at radius 3 is 2.31 bits per heavy atom. The first kappa shape index (κ1) is 25.5. The van der Waals surface area contributed by atoms with E-state index in [1.54, 1.807) is 24.3 Å². The minimum Gasteiger partial charge on any atom is -0.379 e. The van der Waals surface area contributed by atoms with E-state index >= 15 is 0 Å². The van der Waals surface area contributed by atoms with E-state index in [1.165, 1.54) is 5.56 Å². The van der Waals surface area contributed by atoms with Crippen molar-refractivity contribution in [2.45, 2.75) is 37.6 Å². The number of amides is 3. The molecule has 2 fully saturated rings. The van der Waals surface area contributed by atoms with Gasteiger partial charge in [-0.1, -0.05) is 23.7 Å². The van der Waals surface area contributed by atoms with Gasteiger partial charge in [-0.2, -0.15) is 0 Å². The van der Waals surface area contributed by atoms with Gasteiger partial charge >= 0.3 is 6.03 Å². The summed E-state index contributed by atoms with van der Waals surface area (Å²) in [5.74, 6) is 0.519. The lowest BCUT2D eigenvalue weighted by molar-refractivity contribution is 0.0388. The van der Waals surface area contributed by atoms with Crippen LogP contribution in [0, 0.1) is 0 Å². The van der Waals surface area contributed by atoms with E-state index in [-0.39, 0.29) is 18.0 Å². The van der Waals surface area contributed by atoms with Crippen molar-refractivity contribution in [3.8, 4) is 0 Å². The fourth-order valence-corrected chi connectivity index (χ4v) is 5.05. The predicted octanol–water partition coefficient (Wildman–Crippen LogP) is 4.59. The molecule has 1 aliphatic heterocycles. The second-order valence-electron chi connectivity index (χ2n) is 9.39. The molecular weight excluding hydrogens is 464 g/mol. The molecule has 188 valence electrons. The van der Waals surface area contributed by atoms with Gasteiger partial charge in [-0.05, 0) is 73.6 Å². The first-order valence-corrected chi connectivity index (χ1v) is 12.8. The zero-order valence-corrected chi connectivity index (χ0v) is 21.1. The number of anilines is 1. The van der Waals surface area contributed by atoms with Gasteiger partial charge in [0.2, 0.25) is 0 Å². The highest BCUT2D eigenvalue weighted by Gasteiger charge is 2.27. The first-order chi connectivity index (χ1) is 17.0. The van der Waals surface area contributed by atoms with E-state index < -0.39 is 0 Å². The molecule has 8 heteroatoms. The number of nitrogens with zero attached hydrogens (tertiary/aromatic N) is 2. The number of nitrogens with one attached hydrogen (secondary N) is 2. The minimum atomic E-state index is -0.181. The molecule has 35 heavy (non-hydrogen) atoms. The molecule has 0 spiro atoms. The van der Waals surface area contributed by atoms with E-state index in [0.717, 1.165) is 64.2 Å². The highest BCUT2D eigenvalue weighted by Crippen LogP contribution is 2.35. The number of carbonyl (C=O) groups excluding carboxylic acids is 2. The molecule has 2 N–H and O–H groups in total. The molecule has 1 saturated heterocycles. The summed E-state index contributed by atoms with van der Waals surface area (Å²) in [4.78, 5) is 29.2. The zero-order valence-electron chi connectivity index (χ0n) is 20.3. The lowest BCUT2D eigenvalue weighted by Gasteiger charge is -2.35. The van der Waals surface area contributed by atoms with Crippen LogP contribution in [-0.4, -0.2) is 74.2 Å². The molecule has 2 aromatic carbocycles. The van der Waals surface area contributed by atoms with Crippen molar-refractivity contribution in [2.24, 2.45) is 0 Å². The number of morpholine rings is 1. The topological polar surface area (TPSA) is 73.9 Å². The Balaban J connectivity index is 1.20. The molecule has 0 unspecified atom stereocenters. The van der Waals surface area contributed by atoms with Crippen molar-refractivity contribution >= 4 is 29.2 Å². The first-order valence-electron chi connectivity index (χ1n) is 12.5. The minimum absolute atomic E-state index is 0.0452. The fourth-order valence-electron chi connectivity index (χ4n) is 4.92. The summed E-state index contributed by atoms with van der Waals surface area (Å²) in [6, 6.07) is 15.3. The number of rotatable bonds is 7. The van der Waals surface area contributed by atoms with Crippen molar-refractivity contribution in [2.75, 3.05) is 51.8 Å². The SMILES string of the molecule is CN(C(=O)c1ccc(Cl)cc1)C1CCC(c2ccc(NC(=O)NCCN3CCOCC3)cc2)CC1. The number of hydrogen-bond donors (Lipinski definition) is 2. The normalized spacial score (nSPS) is 20.7. The average Bonchev–Trinajstić information content (AvgIpc) is 2.89. The average molecular weight is 499 g/mol. The van der Waals surface area contributed by atoms with Crippen LogP contribution in [0.15, 0.2) is 48.5 Å². The fraction of sp³-hybridized carbons (Fsp3) is 0.481. The summed E-state index contributed by atoms with van der Waals surface area (Å²) in [5, 5.41) is 6.48. The molecule has 0 bridgehead atoms. The standard InChI is InChI=1S/C27H35ClN4O3/c1-31(26(33)22-2-8-23(28)9-3-22)25-12-6-21(7-13-25)20-4-10-24(11-5-20)30-27(34)29-14-15-32-16-18-35-19-17-32/h2-5,8-11,21,25H,6-7,12-19H2,1H3,(H2,29,30,34). The van der Waals surface area contributed by atoms with E-state index in [1.807, 2.05) is 24.1 Å². The maximum atomic E-state index is 12.8. The van der Waals surface area contributed by atoms with Crippen LogP contribution in [0.25, 0.3) is 0 Å². The molecule has 2 aliphatic rings. The Morgan fingerprint density at radius 1 is 1.00 bits per heavy atom. The summed E-state index contributed by atoms with van der Waals surface area (Å²) in [7, 11) is 1.90. The lowest BCUT2D eigenvalue weighted by atomic mass is 9.81. The van der Waals surface area contributed by atoms with Crippen LogP contribution in [0.4, 0.5) is 10.5 Å². The third-order valence-electron chi connectivity index (χ3n) is 7.11. The molecule has 4 rings (SSSR count). The summed E-state index contributed by atoms with van der Waals surface area (Å²) in [6.07, 6.45) is 4.04. The molecular formula is C27H35ClN4O3. The molecule has 0 radical (unpaired) electrons. The van der Waals surface area contributed by atoms with Gasteiger partial charge in [0.25, 0.3) is 5.91 Å². The molecule has 2 aromatic rings. The summed E-state index contributed by atoms with van der Waals surface area (Å²) in [5.41, 5.74) is 2.75. The van der Waals surface area contributed by atoms with Crippen LogP contribution < -0.4 is 10.6 Å². The summed E-state index contributed by atoms with van der Waals surface area (Å²) >= 11 is 5.95. The van der Waals surface area contributed by atoms with Crippen molar-refractivity contribution in [3.05, 3.63) is 64.7 Å². The van der Waals surface area contributed by atoms with Gasteiger partial charge in [0.15, 0.2) is 0 Å². The van der Waals surface area contributed by atoms with Crippen molar-refractivity contribution in [3.63, 3.8) is 0 Å². The highest BCUT2D eigenvalue weighted by molar-refractivity contribution is 6.30. The van der Waals surface area contributed by atoms with Crippen LogP contribution in [0.2, 0.25) is 5.02 Å². The smallest absolute Gasteiger partial charge is 0.319 e. The van der Waals surface area contributed by atoms with Gasteiger partial charge in [-0.3, -0.25) is 9.69 Å². The Morgan fingerprint density at radius 2 is 1.66 bits per heavy atom. The quantitative estimate of drug-likeness (QED) is 0.585. The number of halogens is 1.